The van der Waals surface area contributed by atoms with Crippen LogP contribution in [0.15, 0.2) is 0 Å². The predicted molar refractivity (Wildman–Crippen MR) is 68.5 cm³/mol. The number of hydrogen-bond donors (Lipinski definition) is 2. The Hall–Kier alpha value is -0.220. The quantitative estimate of drug-likeness (QED) is 0.414. The van der Waals surface area contributed by atoms with Crippen molar-refractivity contribution < 1.29 is 14.6 Å². The van der Waals surface area contributed by atoms with Gasteiger partial charge >= 0.3 is 5.97 Å². The fourth-order valence-corrected chi connectivity index (χ4v) is 1.51. The molecule has 4 heteroatoms. The highest BCUT2D eigenvalue weighted by molar-refractivity contribution is 7.81. The van der Waals surface area contributed by atoms with Crippen LogP contribution in [0.3, 0.4) is 0 Å². The number of rotatable bonds is 7. The van der Waals surface area contributed by atoms with E-state index in [9.17, 15) is 9.90 Å². The molecule has 0 unspecified atom stereocenters. The first-order valence-electron chi connectivity index (χ1n) is 6.01. The highest BCUT2D eigenvalue weighted by atomic mass is 32.1. The topological polar surface area (TPSA) is 46.5 Å². The summed E-state index contributed by atoms with van der Waals surface area (Å²) in [4.78, 5) is 11.0. The van der Waals surface area contributed by atoms with Crippen LogP contribution in [-0.4, -0.2) is 21.6 Å². The molecule has 3 nitrogen and oxygen atoms in total. The minimum absolute atomic E-state index is 0.0440. The second kappa shape index (κ2) is 6.50. The van der Waals surface area contributed by atoms with E-state index in [0.717, 1.165) is 0 Å². The number of ether oxygens (including phenoxy) is 1. The fourth-order valence-electron chi connectivity index (χ4n) is 1.41. The molecule has 0 aliphatic heterocycles. The summed E-state index contributed by atoms with van der Waals surface area (Å²) in [5, 5.41) is 10.0. The van der Waals surface area contributed by atoms with Crippen molar-refractivity contribution in [1.29, 1.82) is 0 Å². The van der Waals surface area contributed by atoms with E-state index in [1.54, 1.807) is 0 Å². The van der Waals surface area contributed by atoms with Crippen molar-refractivity contribution in [2.45, 2.75) is 70.3 Å². The van der Waals surface area contributed by atoms with Crippen LogP contribution >= 0.6 is 12.6 Å². The summed E-state index contributed by atoms with van der Waals surface area (Å²) in [6.07, 6.45) is 2.47. The van der Waals surface area contributed by atoms with E-state index in [1.165, 1.54) is 0 Å². The largest absolute Gasteiger partial charge is 0.448 e. The minimum Gasteiger partial charge on any atom is -0.448 e. The Morgan fingerprint density at radius 2 is 1.56 bits per heavy atom. The molecule has 16 heavy (non-hydrogen) atoms. The summed E-state index contributed by atoms with van der Waals surface area (Å²) in [7, 11) is 0. The molecule has 0 amide bonds. The highest BCUT2D eigenvalue weighted by Crippen LogP contribution is 2.27. The van der Waals surface area contributed by atoms with Crippen LogP contribution in [0.1, 0.15) is 59.8 Å². The molecule has 0 aromatic carbocycles. The zero-order chi connectivity index (χ0) is 12.8. The fraction of sp³-hybridized carbons (Fsp3) is 0.917. The van der Waals surface area contributed by atoms with E-state index in [1.807, 2.05) is 27.7 Å². The molecule has 0 radical (unpaired) electrons. The maximum Gasteiger partial charge on any atom is 0.310 e. The van der Waals surface area contributed by atoms with Gasteiger partial charge in [-0.2, -0.15) is 0 Å². The van der Waals surface area contributed by atoms with Gasteiger partial charge in [0.15, 0.2) is 4.93 Å². The zero-order valence-electron chi connectivity index (χ0n) is 10.7. The number of thiol groups is 1. The Labute approximate surface area is 104 Å². The van der Waals surface area contributed by atoms with E-state index in [-0.39, 0.29) is 12.4 Å². The SMILES string of the molecule is CCC(O)(CC)CC(=O)OC(S)(CC)CC. The molecular formula is C12H24O3S. The third kappa shape index (κ3) is 4.74. The molecule has 0 fully saturated rings. The molecule has 0 aliphatic carbocycles. The number of hydrogen-bond acceptors (Lipinski definition) is 4. The average Bonchev–Trinajstić information content (AvgIpc) is 2.28. The molecule has 1 N–H and O–H groups in total. The Morgan fingerprint density at radius 1 is 1.12 bits per heavy atom. The number of carbonyl (C=O) groups excluding carboxylic acids is 1. The standard InChI is InChI=1S/C12H24O3S/c1-5-11(14,6-2)9-10(13)15-12(16,7-3)8-4/h14,16H,5-9H2,1-4H3. The van der Waals surface area contributed by atoms with Crippen LogP contribution in [0.5, 0.6) is 0 Å². The van der Waals surface area contributed by atoms with Crippen LogP contribution in [-0.2, 0) is 9.53 Å². The zero-order valence-corrected chi connectivity index (χ0v) is 11.6. The molecule has 0 rings (SSSR count). The first-order chi connectivity index (χ1) is 7.34. The monoisotopic (exact) mass is 248 g/mol. The number of aliphatic hydroxyl groups is 1. The molecule has 0 aliphatic rings. The van der Waals surface area contributed by atoms with Crippen molar-refractivity contribution in [1.82, 2.24) is 0 Å². The van der Waals surface area contributed by atoms with Crippen molar-refractivity contribution in [2.75, 3.05) is 0 Å². The van der Waals surface area contributed by atoms with Crippen LogP contribution in [0.25, 0.3) is 0 Å². The van der Waals surface area contributed by atoms with Gasteiger partial charge in [0.25, 0.3) is 0 Å². The summed E-state index contributed by atoms with van der Waals surface area (Å²) < 4.78 is 5.30. The lowest BCUT2D eigenvalue weighted by Crippen LogP contribution is -2.35. The first kappa shape index (κ1) is 15.8. The number of esters is 1. The van der Waals surface area contributed by atoms with Gasteiger partial charge in [-0.1, -0.05) is 27.7 Å². The molecule has 0 aromatic heterocycles. The summed E-state index contributed by atoms with van der Waals surface area (Å²) in [5.74, 6) is -0.370. The molecule has 0 aromatic rings. The third-order valence-electron chi connectivity index (χ3n) is 3.20. The molecule has 96 valence electrons. The summed E-state index contributed by atoms with van der Waals surface area (Å²) in [6.45, 7) is 7.58. The van der Waals surface area contributed by atoms with Crippen LogP contribution in [0.4, 0.5) is 0 Å². The van der Waals surface area contributed by atoms with Crippen molar-refractivity contribution in [2.24, 2.45) is 0 Å². The van der Waals surface area contributed by atoms with Gasteiger partial charge in [-0.05, 0) is 25.7 Å². The van der Waals surface area contributed by atoms with Gasteiger partial charge in [0, 0.05) is 0 Å². The van der Waals surface area contributed by atoms with Crippen molar-refractivity contribution in [3.63, 3.8) is 0 Å². The first-order valence-corrected chi connectivity index (χ1v) is 6.46. The van der Waals surface area contributed by atoms with Crippen molar-refractivity contribution in [3.05, 3.63) is 0 Å². The Morgan fingerprint density at radius 3 is 1.88 bits per heavy atom. The molecule has 0 saturated heterocycles. The summed E-state index contributed by atoms with van der Waals surface area (Å²) in [6, 6.07) is 0. The molecule has 0 heterocycles. The normalized spacial score (nSPS) is 12.6. The molecule has 0 spiro atoms. The second-order valence-corrected chi connectivity index (χ2v) is 5.05. The van der Waals surface area contributed by atoms with Crippen LogP contribution < -0.4 is 0 Å². The predicted octanol–water partition coefficient (Wildman–Crippen LogP) is 2.92. The van der Waals surface area contributed by atoms with Crippen molar-refractivity contribution >= 4 is 18.6 Å². The smallest absolute Gasteiger partial charge is 0.310 e. The third-order valence-corrected chi connectivity index (χ3v) is 3.92. The average molecular weight is 248 g/mol. The number of carbonyl (C=O) groups is 1. The maximum atomic E-state index is 11.7. The lowest BCUT2D eigenvalue weighted by molar-refractivity contribution is -0.157. The maximum absolute atomic E-state index is 11.7. The van der Waals surface area contributed by atoms with E-state index in [4.69, 9.17) is 4.74 Å². The lowest BCUT2D eigenvalue weighted by atomic mass is 9.93. The Balaban J connectivity index is 4.38. The van der Waals surface area contributed by atoms with Gasteiger partial charge in [-0.25, -0.2) is 0 Å². The molecule has 0 saturated carbocycles. The molecule has 0 atom stereocenters. The van der Waals surface area contributed by atoms with E-state index in [2.05, 4.69) is 12.6 Å². The highest BCUT2D eigenvalue weighted by Gasteiger charge is 2.31. The van der Waals surface area contributed by atoms with Gasteiger partial charge in [-0.15, -0.1) is 12.6 Å². The van der Waals surface area contributed by atoms with E-state index < -0.39 is 10.5 Å². The molecule has 0 bridgehead atoms. The van der Waals surface area contributed by atoms with E-state index >= 15 is 0 Å². The van der Waals surface area contributed by atoms with Crippen LogP contribution in [0.2, 0.25) is 0 Å². The Bertz CT molecular complexity index is 198. The van der Waals surface area contributed by atoms with E-state index in [0.29, 0.717) is 25.7 Å². The van der Waals surface area contributed by atoms with Gasteiger partial charge in [-0.3, -0.25) is 4.79 Å². The Kier molecular flexibility index (Phi) is 6.41. The summed E-state index contributed by atoms with van der Waals surface area (Å²) in [5.41, 5.74) is -0.937. The van der Waals surface area contributed by atoms with Gasteiger partial charge in [0.05, 0.1) is 12.0 Å². The summed E-state index contributed by atoms with van der Waals surface area (Å²) >= 11 is 4.34. The van der Waals surface area contributed by atoms with Gasteiger partial charge < -0.3 is 9.84 Å². The molecular weight excluding hydrogens is 224 g/mol. The second-order valence-electron chi connectivity index (χ2n) is 4.24. The minimum atomic E-state index is -0.937. The van der Waals surface area contributed by atoms with Gasteiger partial charge in [0.2, 0.25) is 0 Å². The van der Waals surface area contributed by atoms with Gasteiger partial charge in [0.1, 0.15) is 0 Å². The van der Waals surface area contributed by atoms with Crippen LogP contribution in [0, 0.1) is 0 Å². The van der Waals surface area contributed by atoms with Crippen molar-refractivity contribution in [3.8, 4) is 0 Å². The lowest BCUT2D eigenvalue weighted by Gasteiger charge is -2.29.